The molecule has 1 fully saturated rings. The number of nitrogens with zero attached hydrogens (tertiary/aromatic N) is 2. The van der Waals surface area contributed by atoms with E-state index < -0.39 is 17.8 Å². The van der Waals surface area contributed by atoms with Crippen LogP contribution in [0.1, 0.15) is 18.4 Å². The van der Waals surface area contributed by atoms with Gasteiger partial charge in [-0.15, -0.1) is 0 Å². The number of hydrogen-bond donors (Lipinski definition) is 1. The Hall–Kier alpha value is -1.56. The zero-order chi connectivity index (χ0) is 18.7. The van der Waals surface area contributed by atoms with Crippen molar-refractivity contribution in [3.05, 3.63) is 46.0 Å². The van der Waals surface area contributed by atoms with E-state index in [0.717, 1.165) is 18.7 Å². The van der Waals surface area contributed by atoms with Gasteiger partial charge in [-0.1, -0.05) is 41.4 Å². The molecule has 1 heterocycles. The van der Waals surface area contributed by atoms with Crippen LogP contribution in [0, 0.1) is 11.8 Å². The highest BCUT2D eigenvalue weighted by molar-refractivity contribution is 6.35. The minimum Gasteiger partial charge on any atom is -0.481 e. The number of rotatable bonds is 4. The number of aliphatic carboxylic acids is 1. The fourth-order valence-corrected chi connectivity index (χ4v) is 4.08. The summed E-state index contributed by atoms with van der Waals surface area (Å²) < 4.78 is 0. The van der Waals surface area contributed by atoms with Crippen molar-refractivity contribution in [2.45, 2.75) is 19.4 Å². The van der Waals surface area contributed by atoms with Crippen LogP contribution in [0.15, 0.2) is 30.4 Å². The van der Waals surface area contributed by atoms with E-state index in [0.29, 0.717) is 42.5 Å². The first kappa shape index (κ1) is 19.2. The van der Waals surface area contributed by atoms with Gasteiger partial charge in [-0.3, -0.25) is 14.5 Å². The minimum atomic E-state index is -0.885. The summed E-state index contributed by atoms with van der Waals surface area (Å²) in [7, 11) is 0. The second kappa shape index (κ2) is 8.42. The summed E-state index contributed by atoms with van der Waals surface area (Å²) in [5.41, 5.74) is 1.01. The van der Waals surface area contributed by atoms with Crippen molar-refractivity contribution in [3.63, 3.8) is 0 Å². The lowest BCUT2D eigenvalue weighted by Gasteiger charge is -2.37. The Morgan fingerprint density at radius 3 is 2.31 bits per heavy atom. The van der Waals surface area contributed by atoms with Crippen LogP contribution in [0.2, 0.25) is 10.0 Å². The van der Waals surface area contributed by atoms with Gasteiger partial charge in [-0.2, -0.15) is 0 Å². The Bertz CT molecular complexity index is 715. The molecule has 0 spiro atoms. The molecule has 0 radical (unpaired) electrons. The van der Waals surface area contributed by atoms with Crippen molar-refractivity contribution in [1.82, 2.24) is 9.80 Å². The monoisotopic (exact) mass is 396 g/mol. The molecule has 0 saturated carbocycles. The zero-order valence-corrected chi connectivity index (χ0v) is 15.9. The third-order valence-corrected chi connectivity index (χ3v) is 5.75. The molecule has 7 heteroatoms. The highest BCUT2D eigenvalue weighted by atomic mass is 35.5. The van der Waals surface area contributed by atoms with Crippen molar-refractivity contribution in [2.75, 3.05) is 26.2 Å². The Morgan fingerprint density at radius 2 is 1.69 bits per heavy atom. The summed E-state index contributed by atoms with van der Waals surface area (Å²) in [6, 6.07) is 5.49. The number of hydrogen-bond acceptors (Lipinski definition) is 3. The molecule has 1 aromatic rings. The lowest BCUT2D eigenvalue weighted by Crippen LogP contribution is -2.51. The number of allylic oxidation sites excluding steroid dienone is 2. The van der Waals surface area contributed by atoms with Gasteiger partial charge in [-0.05, 0) is 30.5 Å². The molecule has 0 unspecified atom stereocenters. The standard InChI is InChI=1S/C19H22Cl2N2O3/c20-14-6-5-13(17(21)11-14)12-22-7-9-23(10-8-22)18(24)15-3-1-2-4-16(15)19(25)26/h1-2,5-6,11,15-16H,3-4,7-10,12H2,(H,25,26)/t15-,16+/m0/s1. The molecule has 1 aromatic carbocycles. The fourth-order valence-electron chi connectivity index (χ4n) is 3.61. The van der Waals surface area contributed by atoms with Crippen molar-refractivity contribution in [2.24, 2.45) is 11.8 Å². The molecule has 140 valence electrons. The molecular weight excluding hydrogens is 375 g/mol. The number of benzene rings is 1. The van der Waals surface area contributed by atoms with Gasteiger partial charge in [0.15, 0.2) is 0 Å². The van der Waals surface area contributed by atoms with Crippen LogP contribution in [0.25, 0.3) is 0 Å². The van der Waals surface area contributed by atoms with E-state index in [1.165, 1.54) is 0 Å². The second-order valence-corrected chi connectivity index (χ2v) is 7.67. The molecule has 0 bridgehead atoms. The number of carboxylic acids is 1. The van der Waals surface area contributed by atoms with E-state index in [9.17, 15) is 14.7 Å². The van der Waals surface area contributed by atoms with Crippen molar-refractivity contribution < 1.29 is 14.7 Å². The Labute approximate surface area is 163 Å². The highest BCUT2D eigenvalue weighted by Crippen LogP contribution is 2.28. The number of piperazine rings is 1. The number of halogens is 2. The van der Waals surface area contributed by atoms with Crippen LogP contribution in [0.3, 0.4) is 0 Å². The van der Waals surface area contributed by atoms with Crippen LogP contribution in [0.4, 0.5) is 0 Å². The molecular formula is C19H22Cl2N2O3. The van der Waals surface area contributed by atoms with E-state index in [1.807, 2.05) is 24.3 Å². The van der Waals surface area contributed by atoms with Gasteiger partial charge >= 0.3 is 5.97 Å². The SMILES string of the molecule is O=C(O)[C@@H]1CC=CC[C@@H]1C(=O)N1CCN(Cc2ccc(Cl)cc2Cl)CC1. The lowest BCUT2D eigenvalue weighted by atomic mass is 9.82. The molecule has 1 amide bonds. The average molecular weight is 397 g/mol. The molecule has 0 aromatic heterocycles. The van der Waals surface area contributed by atoms with Gasteiger partial charge < -0.3 is 10.0 Å². The smallest absolute Gasteiger partial charge is 0.307 e. The van der Waals surface area contributed by atoms with Crippen LogP contribution in [-0.2, 0) is 16.1 Å². The molecule has 2 atom stereocenters. The second-order valence-electron chi connectivity index (χ2n) is 6.83. The molecule has 1 aliphatic heterocycles. The highest BCUT2D eigenvalue weighted by Gasteiger charge is 2.37. The van der Waals surface area contributed by atoms with Crippen LogP contribution >= 0.6 is 23.2 Å². The molecule has 2 aliphatic rings. The molecule has 1 aliphatic carbocycles. The molecule has 5 nitrogen and oxygen atoms in total. The van der Waals surface area contributed by atoms with E-state index >= 15 is 0 Å². The van der Waals surface area contributed by atoms with Gasteiger partial charge in [0.25, 0.3) is 0 Å². The molecule has 3 rings (SSSR count). The topological polar surface area (TPSA) is 60.9 Å². The third-order valence-electron chi connectivity index (χ3n) is 5.16. The van der Waals surface area contributed by atoms with Crippen LogP contribution < -0.4 is 0 Å². The number of carbonyl (C=O) groups excluding carboxylic acids is 1. The zero-order valence-electron chi connectivity index (χ0n) is 14.4. The predicted octanol–water partition coefficient (Wildman–Crippen LogP) is 3.30. The number of amides is 1. The van der Waals surface area contributed by atoms with E-state index in [-0.39, 0.29) is 5.91 Å². The fraction of sp³-hybridized carbons (Fsp3) is 0.474. The molecule has 1 saturated heterocycles. The Morgan fingerprint density at radius 1 is 1.04 bits per heavy atom. The Balaban J connectivity index is 1.57. The summed E-state index contributed by atoms with van der Waals surface area (Å²) in [5.74, 6) is -1.98. The Kier molecular flexibility index (Phi) is 6.22. The summed E-state index contributed by atoms with van der Waals surface area (Å²) in [6.07, 6.45) is 4.72. The van der Waals surface area contributed by atoms with E-state index in [2.05, 4.69) is 4.90 Å². The first-order chi connectivity index (χ1) is 12.5. The number of carbonyl (C=O) groups is 2. The minimum absolute atomic E-state index is 0.0362. The summed E-state index contributed by atoms with van der Waals surface area (Å²) in [5, 5.41) is 10.6. The van der Waals surface area contributed by atoms with Gasteiger partial charge in [0, 0.05) is 42.8 Å². The lowest BCUT2D eigenvalue weighted by molar-refractivity contribution is -0.151. The summed E-state index contributed by atoms with van der Waals surface area (Å²) >= 11 is 12.2. The maximum Gasteiger partial charge on any atom is 0.307 e. The van der Waals surface area contributed by atoms with Gasteiger partial charge in [0.2, 0.25) is 5.91 Å². The van der Waals surface area contributed by atoms with Crippen molar-refractivity contribution in [3.8, 4) is 0 Å². The summed E-state index contributed by atoms with van der Waals surface area (Å²) in [6.45, 7) is 3.41. The van der Waals surface area contributed by atoms with Gasteiger partial charge in [-0.25, -0.2) is 0 Å². The first-order valence-electron chi connectivity index (χ1n) is 8.78. The first-order valence-corrected chi connectivity index (χ1v) is 9.54. The maximum absolute atomic E-state index is 12.8. The summed E-state index contributed by atoms with van der Waals surface area (Å²) in [4.78, 5) is 28.3. The third kappa shape index (κ3) is 4.40. The van der Waals surface area contributed by atoms with Crippen molar-refractivity contribution in [1.29, 1.82) is 0 Å². The normalized spacial score (nSPS) is 23.8. The van der Waals surface area contributed by atoms with Gasteiger partial charge in [0.1, 0.15) is 0 Å². The average Bonchev–Trinajstić information content (AvgIpc) is 2.64. The van der Waals surface area contributed by atoms with Crippen molar-refractivity contribution >= 4 is 35.1 Å². The van der Waals surface area contributed by atoms with Crippen LogP contribution in [-0.4, -0.2) is 53.0 Å². The molecule has 1 N–H and O–H groups in total. The number of carboxylic acid groups (broad SMARTS) is 1. The quantitative estimate of drug-likeness (QED) is 0.793. The van der Waals surface area contributed by atoms with Gasteiger partial charge in [0.05, 0.1) is 11.8 Å². The van der Waals surface area contributed by atoms with Crippen LogP contribution in [0.5, 0.6) is 0 Å². The molecule has 26 heavy (non-hydrogen) atoms. The maximum atomic E-state index is 12.8. The largest absolute Gasteiger partial charge is 0.481 e. The van der Waals surface area contributed by atoms with E-state index in [1.54, 1.807) is 11.0 Å². The van der Waals surface area contributed by atoms with E-state index in [4.69, 9.17) is 23.2 Å². The predicted molar refractivity (Wildman–Crippen MR) is 101 cm³/mol.